The summed E-state index contributed by atoms with van der Waals surface area (Å²) in [5, 5.41) is 3.32. The van der Waals surface area contributed by atoms with E-state index in [2.05, 4.69) is 34.3 Å². The summed E-state index contributed by atoms with van der Waals surface area (Å²) in [4.78, 5) is 10.9. The molecule has 0 aliphatic heterocycles. The zero-order valence-corrected chi connectivity index (χ0v) is 11.9. The van der Waals surface area contributed by atoms with Crippen molar-refractivity contribution in [2.45, 2.75) is 26.7 Å². The van der Waals surface area contributed by atoms with Crippen molar-refractivity contribution in [2.75, 3.05) is 39.1 Å². The molecule has 0 radical (unpaired) electrons. The predicted octanol–water partition coefficient (Wildman–Crippen LogP) is 1.80. The number of aromatic nitrogens is 2. The minimum atomic E-state index is 0.625. The van der Waals surface area contributed by atoms with Crippen LogP contribution in [0.1, 0.15) is 26.1 Å². The number of anilines is 1. The lowest BCUT2D eigenvalue weighted by molar-refractivity contribution is 0.325. The molecule has 0 fully saturated rings. The first-order valence-electron chi connectivity index (χ1n) is 6.55. The first-order valence-corrected chi connectivity index (χ1v) is 6.55. The topological polar surface area (TPSA) is 50.3 Å². The molecule has 0 aliphatic rings. The van der Waals surface area contributed by atoms with Gasteiger partial charge in [0.05, 0.1) is 6.61 Å². The van der Waals surface area contributed by atoms with E-state index >= 15 is 0 Å². The molecule has 0 aliphatic carbocycles. The third-order valence-electron chi connectivity index (χ3n) is 2.45. The van der Waals surface area contributed by atoms with Gasteiger partial charge in [0, 0.05) is 19.0 Å². The SMILES string of the molecule is CCOc1cc(NCCCN(C)C)nc(CC)n1. The summed E-state index contributed by atoms with van der Waals surface area (Å²) in [5.41, 5.74) is 0. The maximum Gasteiger partial charge on any atom is 0.218 e. The van der Waals surface area contributed by atoms with E-state index in [0.717, 1.165) is 37.6 Å². The maximum absolute atomic E-state index is 5.43. The van der Waals surface area contributed by atoms with Gasteiger partial charge in [0.2, 0.25) is 5.88 Å². The van der Waals surface area contributed by atoms with E-state index in [0.29, 0.717) is 12.5 Å². The summed E-state index contributed by atoms with van der Waals surface area (Å²) >= 11 is 0. The van der Waals surface area contributed by atoms with E-state index < -0.39 is 0 Å². The molecule has 1 rings (SSSR count). The summed E-state index contributed by atoms with van der Waals surface area (Å²) in [5.74, 6) is 2.32. The van der Waals surface area contributed by atoms with Crippen LogP contribution in [-0.4, -0.2) is 48.7 Å². The number of ether oxygens (including phenoxy) is 1. The molecule has 102 valence electrons. The summed E-state index contributed by atoms with van der Waals surface area (Å²) in [6.07, 6.45) is 1.90. The second kappa shape index (κ2) is 7.87. The summed E-state index contributed by atoms with van der Waals surface area (Å²) in [6.45, 7) is 6.60. The van der Waals surface area contributed by atoms with Gasteiger partial charge in [-0.25, -0.2) is 4.98 Å². The van der Waals surface area contributed by atoms with Crippen LogP contribution in [0.25, 0.3) is 0 Å². The van der Waals surface area contributed by atoms with Crippen molar-refractivity contribution in [1.82, 2.24) is 14.9 Å². The molecule has 0 unspecified atom stereocenters. The van der Waals surface area contributed by atoms with Crippen molar-refractivity contribution in [3.05, 3.63) is 11.9 Å². The zero-order valence-electron chi connectivity index (χ0n) is 11.9. The minimum absolute atomic E-state index is 0.625. The fourth-order valence-corrected chi connectivity index (χ4v) is 1.55. The number of nitrogens with one attached hydrogen (secondary N) is 1. The lowest BCUT2D eigenvalue weighted by atomic mass is 10.4. The van der Waals surface area contributed by atoms with Crippen LogP contribution in [0.3, 0.4) is 0 Å². The Kier molecular flexibility index (Phi) is 6.43. The van der Waals surface area contributed by atoms with Crippen LogP contribution < -0.4 is 10.1 Å². The van der Waals surface area contributed by atoms with E-state index in [-0.39, 0.29) is 0 Å². The molecule has 0 amide bonds. The third-order valence-corrected chi connectivity index (χ3v) is 2.45. The number of rotatable bonds is 8. The first-order chi connectivity index (χ1) is 8.65. The average Bonchev–Trinajstić information content (AvgIpc) is 2.34. The molecular formula is C13H24N4O. The number of hydrogen-bond acceptors (Lipinski definition) is 5. The van der Waals surface area contributed by atoms with E-state index in [1.165, 1.54) is 0 Å². The van der Waals surface area contributed by atoms with Crippen molar-refractivity contribution in [3.63, 3.8) is 0 Å². The molecule has 5 nitrogen and oxygen atoms in total. The van der Waals surface area contributed by atoms with Crippen LogP contribution in [0.15, 0.2) is 6.07 Å². The third kappa shape index (κ3) is 5.31. The van der Waals surface area contributed by atoms with Gasteiger partial charge in [-0.15, -0.1) is 0 Å². The van der Waals surface area contributed by atoms with E-state index in [4.69, 9.17) is 4.74 Å². The fourth-order valence-electron chi connectivity index (χ4n) is 1.55. The summed E-state index contributed by atoms with van der Waals surface area (Å²) in [6, 6.07) is 1.86. The molecule has 1 N–H and O–H groups in total. The van der Waals surface area contributed by atoms with Gasteiger partial charge in [0.1, 0.15) is 11.6 Å². The van der Waals surface area contributed by atoms with Gasteiger partial charge in [-0.1, -0.05) is 6.92 Å². The highest BCUT2D eigenvalue weighted by atomic mass is 16.5. The Morgan fingerprint density at radius 3 is 2.67 bits per heavy atom. The van der Waals surface area contributed by atoms with Crippen molar-refractivity contribution in [2.24, 2.45) is 0 Å². The Balaban J connectivity index is 2.55. The molecule has 0 saturated heterocycles. The van der Waals surface area contributed by atoms with Crippen LogP contribution in [0.5, 0.6) is 5.88 Å². The van der Waals surface area contributed by atoms with Crippen molar-refractivity contribution < 1.29 is 4.74 Å². The van der Waals surface area contributed by atoms with Gasteiger partial charge in [0.25, 0.3) is 0 Å². The normalized spacial score (nSPS) is 10.7. The molecule has 0 bridgehead atoms. The largest absolute Gasteiger partial charge is 0.478 e. The quantitative estimate of drug-likeness (QED) is 0.715. The highest BCUT2D eigenvalue weighted by Crippen LogP contribution is 2.13. The van der Waals surface area contributed by atoms with Gasteiger partial charge >= 0.3 is 0 Å². The molecule has 1 heterocycles. The van der Waals surface area contributed by atoms with Crippen molar-refractivity contribution >= 4 is 5.82 Å². The highest BCUT2D eigenvalue weighted by molar-refractivity contribution is 5.38. The molecule has 0 spiro atoms. The second-order valence-electron chi connectivity index (χ2n) is 4.38. The van der Waals surface area contributed by atoms with Gasteiger partial charge in [-0.3, -0.25) is 0 Å². The van der Waals surface area contributed by atoms with Crippen molar-refractivity contribution in [3.8, 4) is 5.88 Å². The highest BCUT2D eigenvalue weighted by Gasteiger charge is 2.03. The molecule has 0 atom stereocenters. The van der Waals surface area contributed by atoms with Crippen LogP contribution in [0, 0.1) is 0 Å². The molecule has 0 saturated carbocycles. The van der Waals surface area contributed by atoms with Crippen LogP contribution in [-0.2, 0) is 6.42 Å². The zero-order chi connectivity index (χ0) is 13.4. The monoisotopic (exact) mass is 252 g/mol. The van der Waals surface area contributed by atoms with Gasteiger partial charge in [-0.05, 0) is 34.0 Å². The summed E-state index contributed by atoms with van der Waals surface area (Å²) < 4.78 is 5.43. The predicted molar refractivity (Wildman–Crippen MR) is 74.2 cm³/mol. The Hall–Kier alpha value is -1.36. The number of hydrogen-bond donors (Lipinski definition) is 1. The molecule has 0 aromatic carbocycles. The van der Waals surface area contributed by atoms with E-state index in [9.17, 15) is 0 Å². The van der Waals surface area contributed by atoms with Crippen LogP contribution >= 0.6 is 0 Å². The summed E-state index contributed by atoms with van der Waals surface area (Å²) in [7, 11) is 4.15. The van der Waals surface area contributed by atoms with E-state index in [1.54, 1.807) is 0 Å². The molecule has 18 heavy (non-hydrogen) atoms. The number of aryl methyl sites for hydroxylation is 1. The molecule has 5 heteroatoms. The van der Waals surface area contributed by atoms with Crippen molar-refractivity contribution in [1.29, 1.82) is 0 Å². The van der Waals surface area contributed by atoms with Gasteiger partial charge in [-0.2, -0.15) is 4.98 Å². The molecular weight excluding hydrogens is 228 g/mol. The molecule has 1 aromatic heterocycles. The second-order valence-corrected chi connectivity index (χ2v) is 4.38. The average molecular weight is 252 g/mol. The lowest BCUT2D eigenvalue weighted by Gasteiger charge is -2.11. The Bertz CT molecular complexity index is 355. The Morgan fingerprint density at radius 1 is 1.28 bits per heavy atom. The van der Waals surface area contributed by atoms with Gasteiger partial charge < -0.3 is 15.0 Å². The smallest absolute Gasteiger partial charge is 0.218 e. The van der Waals surface area contributed by atoms with Crippen LogP contribution in [0.2, 0.25) is 0 Å². The van der Waals surface area contributed by atoms with Crippen LogP contribution in [0.4, 0.5) is 5.82 Å². The lowest BCUT2D eigenvalue weighted by Crippen LogP contribution is -2.17. The Morgan fingerprint density at radius 2 is 2.06 bits per heavy atom. The van der Waals surface area contributed by atoms with E-state index in [1.807, 2.05) is 19.9 Å². The number of nitrogens with zero attached hydrogens (tertiary/aromatic N) is 3. The molecule has 1 aromatic rings. The fraction of sp³-hybridized carbons (Fsp3) is 0.692. The first kappa shape index (κ1) is 14.7. The van der Waals surface area contributed by atoms with Gasteiger partial charge in [0.15, 0.2) is 0 Å². The Labute approximate surface area is 110 Å². The standard InChI is InChI=1S/C13H24N4O/c1-5-11-15-12(10-13(16-11)18-6-2)14-8-7-9-17(3)4/h10H,5-9H2,1-4H3,(H,14,15,16). The maximum atomic E-state index is 5.43. The minimum Gasteiger partial charge on any atom is -0.478 e.